The molecule has 1 aromatic carbocycles. The van der Waals surface area contributed by atoms with Crippen LogP contribution in [0, 0.1) is 11.5 Å². The van der Waals surface area contributed by atoms with Gasteiger partial charge in [0.2, 0.25) is 0 Å². The summed E-state index contributed by atoms with van der Waals surface area (Å²) in [5.74, 6) is 0.877. The standard InChI is InChI=1S/C14H20N4OS/c1-18(2)10-12-5-3-6-13(9-12)19-8-4-7-16-14(20)17-11-15/h3,5-6,9H,4,7-8,10H2,1-2H3,(H2,16,17,20). The van der Waals surface area contributed by atoms with Gasteiger partial charge in [0.05, 0.1) is 6.61 Å². The number of thiocarbonyl (C=S) groups is 1. The van der Waals surface area contributed by atoms with Crippen molar-refractivity contribution >= 4 is 17.3 Å². The highest BCUT2D eigenvalue weighted by atomic mass is 32.1. The second-order valence-electron chi connectivity index (χ2n) is 4.58. The number of hydrogen-bond donors (Lipinski definition) is 2. The van der Waals surface area contributed by atoms with Gasteiger partial charge in [0.25, 0.3) is 0 Å². The van der Waals surface area contributed by atoms with E-state index in [0.717, 1.165) is 18.7 Å². The fourth-order valence-corrected chi connectivity index (χ4v) is 1.81. The Labute approximate surface area is 125 Å². The lowest BCUT2D eigenvalue weighted by Crippen LogP contribution is -2.33. The zero-order valence-corrected chi connectivity index (χ0v) is 12.7. The largest absolute Gasteiger partial charge is 0.494 e. The van der Waals surface area contributed by atoms with Crippen LogP contribution in [-0.4, -0.2) is 37.3 Å². The van der Waals surface area contributed by atoms with E-state index in [1.807, 2.05) is 26.2 Å². The Morgan fingerprint density at radius 1 is 1.45 bits per heavy atom. The molecule has 0 saturated carbocycles. The van der Waals surface area contributed by atoms with E-state index < -0.39 is 0 Å². The molecule has 0 bridgehead atoms. The summed E-state index contributed by atoms with van der Waals surface area (Å²) >= 11 is 4.86. The lowest BCUT2D eigenvalue weighted by molar-refractivity contribution is 0.310. The Morgan fingerprint density at radius 3 is 2.95 bits per heavy atom. The van der Waals surface area contributed by atoms with Crippen LogP contribution in [0.3, 0.4) is 0 Å². The molecule has 0 aliphatic rings. The minimum Gasteiger partial charge on any atom is -0.494 e. The van der Waals surface area contributed by atoms with Crippen molar-refractivity contribution < 1.29 is 4.74 Å². The van der Waals surface area contributed by atoms with E-state index in [4.69, 9.17) is 22.2 Å². The Bertz CT molecular complexity index is 470. The van der Waals surface area contributed by atoms with Crippen LogP contribution in [-0.2, 0) is 6.54 Å². The maximum absolute atomic E-state index is 8.36. The molecule has 0 aliphatic heterocycles. The third kappa shape index (κ3) is 6.92. The zero-order valence-electron chi connectivity index (χ0n) is 11.8. The van der Waals surface area contributed by atoms with Crippen LogP contribution in [0.1, 0.15) is 12.0 Å². The molecule has 0 radical (unpaired) electrons. The van der Waals surface area contributed by atoms with Gasteiger partial charge in [0.1, 0.15) is 5.75 Å². The van der Waals surface area contributed by atoms with Gasteiger partial charge in [-0.15, -0.1) is 0 Å². The summed E-state index contributed by atoms with van der Waals surface area (Å²) in [4.78, 5) is 2.12. The Kier molecular flexibility index (Phi) is 7.40. The first kappa shape index (κ1) is 16.2. The van der Waals surface area contributed by atoms with E-state index in [2.05, 4.69) is 27.7 Å². The lowest BCUT2D eigenvalue weighted by atomic mass is 10.2. The summed E-state index contributed by atoms with van der Waals surface area (Å²) in [6.45, 7) is 2.17. The van der Waals surface area contributed by atoms with Crippen LogP contribution in [0.4, 0.5) is 0 Å². The molecule has 0 heterocycles. The molecule has 2 N–H and O–H groups in total. The van der Waals surface area contributed by atoms with E-state index in [0.29, 0.717) is 18.3 Å². The van der Waals surface area contributed by atoms with Crippen molar-refractivity contribution in [3.63, 3.8) is 0 Å². The first-order valence-corrected chi connectivity index (χ1v) is 6.82. The van der Waals surface area contributed by atoms with Crippen LogP contribution in [0.5, 0.6) is 5.75 Å². The molecule has 0 aliphatic carbocycles. The number of ether oxygens (including phenoxy) is 1. The molecule has 0 fully saturated rings. The number of benzene rings is 1. The van der Waals surface area contributed by atoms with E-state index in [1.54, 1.807) is 6.19 Å². The van der Waals surface area contributed by atoms with Crippen LogP contribution in [0.15, 0.2) is 24.3 Å². The number of rotatable bonds is 7. The highest BCUT2D eigenvalue weighted by molar-refractivity contribution is 7.80. The van der Waals surface area contributed by atoms with E-state index in [-0.39, 0.29) is 0 Å². The average molecular weight is 292 g/mol. The molecule has 0 saturated heterocycles. The summed E-state index contributed by atoms with van der Waals surface area (Å²) in [6.07, 6.45) is 2.58. The maximum Gasteiger partial charge on any atom is 0.183 e. The predicted molar refractivity (Wildman–Crippen MR) is 83.3 cm³/mol. The van der Waals surface area contributed by atoms with Gasteiger partial charge in [-0.05, 0) is 50.4 Å². The second kappa shape index (κ2) is 9.13. The predicted octanol–water partition coefficient (Wildman–Crippen LogP) is 1.46. The molecule has 0 amide bonds. The van der Waals surface area contributed by atoms with Gasteiger partial charge in [-0.2, -0.15) is 5.26 Å². The van der Waals surface area contributed by atoms with Crippen LogP contribution in [0.25, 0.3) is 0 Å². The van der Waals surface area contributed by atoms with Gasteiger partial charge in [-0.1, -0.05) is 12.1 Å². The normalized spacial score (nSPS) is 9.90. The quantitative estimate of drug-likeness (QED) is 0.343. The van der Waals surface area contributed by atoms with Gasteiger partial charge in [0, 0.05) is 13.1 Å². The zero-order chi connectivity index (χ0) is 14.8. The monoisotopic (exact) mass is 292 g/mol. The number of nitriles is 1. The third-order valence-corrected chi connectivity index (χ3v) is 2.69. The average Bonchev–Trinajstić information content (AvgIpc) is 2.38. The van der Waals surface area contributed by atoms with Gasteiger partial charge in [-0.3, -0.25) is 5.32 Å². The molecule has 5 nitrogen and oxygen atoms in total. The van der Waals surface area contributed by atoms with Crippen molar-refractivity contribution in [3.05, 3.63) is 29.8 Å². The highest BCUT2D eigenvalue weighted by Gasteiger charge is 1.99. The van der Waals surface area contributed by atoms with Gasteiger partial charge < -0.3 is 15.0 Å². The Balaban J connectivity index is 2.25. The lowest BCUT2D eigenvalue weighted by Gasteiger charge is -2.12. The first-order chi connectivity index (χ1) is 9.61. The number of nitrogens with one attached hydrogen (secondary N) is 2. The van der Waals surface area contributed by atoms with Crippen molar-refractivity contribution in [2.24, 2.45) is 0 Å². The van der Waals surface area contributed by atoms with Crippen LogP contribution in [0.2, 0.25) is 0 Å². The van der Waals surface area contributed by atoms with Crippen molar-refractivity contribution in [2.45, 2.75) is 13.0 Å². The van der Waals surface area contributed by atoms with E-state index in [9.17, 15) is 0 Å². The van der Waals surface area contributed by atoms with Gasteiger partial charge in [-0.25, -0.2) is 0 Å². The molecule has 6 heteroatoms. The summed E-state index contributed by atoms with van der Waals surface area (Å²) in [5, 5.41) is 14.0. The second-order valence-corrected chi connectivity index (χ2v) is 4.99. The molecular weight excluding hydrogens is 272 g/mol. The molecule has 0 unspecified atom stereocenters. The topological polar surface area (TPSA) is 60.3 Å². The summed E-state index contributed by atoms with van der Waals surface area (Å²) < 4.78 is 5.68. The molecule has 0 atom stereocenters. The number of hydrogen-bond acceptors (Lipinski definition) is 4. The fraction of sp³-hybridized carbons (Fsp3) is 0.429. The van der Waals surface area contributed by atoms with Crippen LogP contribution >= 0.6 is 12.2 Å². The summed E-state index contributed by atoms with van der Waals surface area (Å²) in [5.41, 5.74) is 1.23. The molecule has 1 aromatic rings. The third-order valence-electron chi connectivity index (χ3n) is 2.44. The van der Waals surface area contributed by atoms with Crippen molar-refractivity contribution in [2.75, 3.05) is 27.2 Å². The van der Waals surface area contributed by atoms with E-state index >= 15 is 0 Å². The smallest absolute Gasteiger partial charge is 0.183 e. The molecule has 1 rings (SSSR count). The maximum atomic E-state index is 8.36. The van der Waals surface area contributed by atoms with Gasteiger partial charge in [0.15, 0.2) is 11.3 Å². The summed E-state index contributed by atoms with van der Waals surface area (Å²) in [6, 6.07) is 8.09. The van der Waals surface area contributed by atoms with E-state index in [1.165, 1.54) is 5.56 Å². The molecule has 0 spiro atoms. The van der Waals surface area contributed by atoms with Crippen molar-refractivity contribution in [3.8, 4) is 11.9 Å². The molecule has 108 valence electrons. The molecular formula is C14H20N4OS. The SMILES string of the molecule is CN(C)Cc1cccc(OCCCNC(=S)NC#N)c1. The highest BCUT2D eigenvalue weighted by Crippen LogP contribution is 2.14. The molecule has 0 aromatic heterocycles. The number of nitrogens with zero attached hydrogens (tertiary/aromatic N) is 2. The molecule has 20 heavy (non-hydrogen) atoms. The van der Waals surface area contributed by atoms with Crippen LogP contribution < -0.4 is 15.4 Å². The minimum absolute atomic E-state index is 0.348. The minimum atomic E-state index is 0.348. The first-order valence-electron chi connectivity index (χ1n) is 6.41. The summed E-state index contributed by atoms with van der Waals surface area (Å²) in [7, 11) is 4.08. The van der Waals surface area contributed by atoms with Gasteiger partial charge >= 0.3 is 0 Å². The van der Waals surface area contributed by atoms with Crippen molar-refractivity contribution in [1.29, 1.82) is 5.26 Å². The van der Waals surface area contributed by atoms with Crippen molar-refractivity contribution in [1.82, 2.24) is 15.5 Å². The Hall–Kier alpha value is -1.84. The fourth-order valence-electron chi connectivity index (χ4n) is 1.66. The Morgan fingerprint density at radius 2 is 2.25 bits per heavy atom.